The third kappa shape index (κ3) is 6.29. The van der Waals surface area contributed by atoms with Gasteiger partial charge in [0.1, 0.15) is 12.4 Å². The minimum absolute atomic E-state index is 0.333. The van der Waals surface area contributed by atoms with Gasteiger partial charge in [0, 0.05) is 0 Å². The van der Waals surface area contributed by atoms with Crippen LogP contribution in [0.1, 0.15) is 89.7 Å². The Bertz CT molecular complexity index is 446. The standard InChI is InChI=1S/C20H36N2O2/c1-5-9-11-17(7-3)15-21-13-14-22(19(21)20(23)24)16-18(8-4)12-10-6-2/h13-14,17-18H,5-12,15-16H2,1-4H3. The lowest BCUT2D eigenvalue weighted by Gasteiger charge is -2.15. The fraction of sp³-hybridized carbons (Fsp3) is 0.800. The van der Waals surface area contributed by atoms with Gasteiger partial charge >= 0.3 is 5.82 Å². The van der Waals surface area contributed by atoms with Gasteiger partial charge in [-0.05, 0) is 37.5 Å². The first-order valence-corrected chi connectivity index (χ1v) is 9.87. The van der Waals surface area contributed by atoms with E-state index in [9.17, 15) is 9.90 Å². The number of carboxylic acid groups (broad SMARTS) is 1. The van der Waals surface area contributed by atoms with Crippen LogP contribution in [0.3, 0.4) is 0 Å². The van der Waals surface area contributed by atoms with E-state index < -0.39 is 5.97 Å². The van der Waals surface area contributed by atoms with Crippen LogP contribution in [-0.2, 0) is 13.1 Å². The van der Waals surface area contributed by atoms with E-state index in [1.165, 1.54) is 25.7 Å². The van der Waals surface area contributed by atoms with Crippen molar-refractivity contribution >= 4 is 5.97 Å². The Balaban J connectivity index is 2.87. The Hall–Kier alpha value is -1.32. The summed E-state index contributed by atoms with van der Waals surface area (Å²) in [6.07, 6.45) is 13.1. The Labute approximate surface area is 147 Å². The van der Waals surface area contributed by atoms with E-state index in [1.807, 2.05) is 21.5 Å². The molecule has 4 heteroatoms. The molecule has 0 fully saturated rings. The molecule has 1 aromatic heterocycles. The molecule has 0 aliphatic rings. The monoisotopic (exact) mass is 336 g/mol. The molecule has 1 aromatic rings. The summed E-state index contributed by atoms with van der Waals surface area (Å²) in [5.41, 5.74) is 0. The Morgan fingerprint density at radius 1 is 1.08 bits per heavy atom. The average molecular weight is 337 g/mol. The first-order valence-electron chi connectivity index (χ1n) is 9.87. The van der Waals surface area contributed by atoms with Crippen molar-refractivity contribution in [3.63, 3.8) is 0 Å². The molecule has 0 saturated carbocycles. The summed E-state index contributed by atoms with van der Waals surface area (Å²) in [5, 5.41) is 11.7. The second kappa shape index (κ2) is 11.3. The van der Waals surface area contributed by atoms with E-state index in [0.717, 1.165) is 38.8 Å². The molecule has 0 aliphatic carbocycles. The molecule has 0 spiro atoms. The number of carbonyl (C=O) groups excluding carboxylic acids is 1. The van der Waals surface area contributed by atoms with Gasteiger partial charge in [0.15, 0.2) is 5.97 Å². The van der Waals surface area contributed by atoms with Crippen molar-refractivity contribution in [3.05, 3.63) is 18.2 Å². The molecule has 0 N–H and O–H groups in total. The SMILES string of the molecule is CCCCC(CC)Cn1cc[n+](CC(CC)CCCC)c1C(=O)[O-]. The van der Waals surface area contributed by atoms with Crippen LogP contribution < -0.4 is 9.67 Å². The third-order valence-electron chi connectivity index (χ3n) is 5.15. The topological polar surface area (TPSA) is 48.9 Å². The molecule has 0 radical (unpaired) electrons. The van der Waals surface area contributed by atoms with Crippen LogP contribution in [0.15, 0.2) is 12.4 Å². The molecular formula is C20H36N2O2. The van der Waals surface area contributed by atoms with Gasteiger partial charge in [-0.15, -0.1) is 0 Å². The second-order valence-corrected chi connectivity index (χ2v) is 7.05. The van der Waals surface area contributed by atoms with Crippen molar-refractivity contribution in [2.45, 2.75) is 92.2 Å². The predicted molar refractivity (Wildman–Crippen MR) is 95.6 cm³/mol. The highest BCUT2D eigenvalue weighted by Gasteiger charge is 2.23. The zero-order chi connectivity index (χ0) is 17.9. The number of nitrogens with zero attached hydrogens (tertiary/aromatic N) is 2. The predicted octanol–water partition coefficient (Wildman–Crippen LogP) is 3.57. The van der Waals surface area contributed by atoms with Crippen LogP contribution in [-0.4, -0.2) is 10.5 Å². The molecule has 2 atom stereocenters. The fourth-order valence-corrected chi connectivity index (χ4v) is 3.39. The molecule has 0 bridgehead atoms. The number of carboxylic acids is 1. The Kier molecular flexibility index (Phi) is 9.73. The molecule has 0 aliphatic heterocycles. The van der Waals surface area contributed by atoms with Crippen molar-refractivity contribution in [1.82, 2.24) is 4.57 Å². The Morgan fingerprint density at radius 3 is 2.17 bits per heavy atom. The molecular weight excluding hydrogens is 300 g/mol. The zero-order valence-electron chi connectivity index (χ0n) is 16.1. The number of rotatable bonds is 13. The van der Waals surface area contributed by atoms with Gasteiger partial charge in [-0.3, -0.25) is 0 Å². The van der Waals surface area contributed by atoms with Gasteiger partial charge < -0.3 is 9.90 Å². The summed E-state index contributed by atoms with van der Waals surface area (Å²) in [7, 11) is 0. The van der Waals surface area contributed by atoms with Crippen molar-refractivity contribution in [2.24, 2.45) is 11.8 Å². The lowest BCUT2D eigenvalue weighted by molar-refractivity contribution is -0.707. The third-order valence-corrected chi connectivity index (χ3v) is 5.15. The van der Waals surface area contributed by atoms with Crippen LogP contribution in [0.2, 0.25) is 0 Å². The lowest BCUT2D eigenvalue weighted by Crippen LogP contribution is -2.46. The smallest absolute Gasteiger partial charge is 0.304 e. The van der Waals surface area contributed by atoms with E-state index in [1.54, 1.807) is 0 Å². The maximum atomic E-state index is 11.7. The summed E-state index contributed by atoms with van der Waals surface area (Å²) in [5.74, 6) is 0.340. The molecule has 1 rings (SSSR count). The summed E-state index contributed by atoms with van der Waals surface area (Å²) in [6, 6.07) is 0. The number of hydrogen-bond acceptors (Lipinski definition) is 2. The number of aromatic carboxylic acids is 1. The van der Waals surface area contributed by atoms with Crippen molar-refractivity contribution < 1.29 is 14.5 Å². The Morgan fingerprint density at radius 2 is 1.67 bits per heavy atom. The summed E-state index contributed by atoms with van der Waals surface area (Å²) < 4.78 is 3.79. The minimum Gasteiger partial charge on any atom is -0.538 e. The molecule has 0 amide bonds. The highest BCUT2D eigenvalue weighted by atomic mass is 16.4. The average Bonchev–Trinajstić information content (AvgIpc) is 2.97. The highest BCUT2D eigenvalue weighted by Crippen LogP contribution is 2.17. The maximum absolute atomic E-state index is 11.7. The molecule has 1 heterocycles. The number of hydrogen-bond donors (Lipinski definition) is 0. The fourth-order valence-electron chi connectivity index (χ4n) is 3.39. The maximum Gasteiger partial charge on any atom is 0.304 e. The van der Waals surface area contributed by atoms with Crippen molar-refractivity contribution in [1.29, 1.82) is 0 Å². The van der Waals surface area contributed by atoms with Gasteiger partial charge in [0.2, 0.25) is 0 Å². The van der Waals surface area contributed by atoms with E-state index in [2.05, 4.69) is 27.7 Å². The van der Waals surface area contributed by atoms with Crippen LogP contribution in [0.25, 0.3) is 0 Å². The first kappa shape index (κ1) is 20.7. The van der Waals surface area contributed by atoms with E-state index >= 15 is 0 Å². The first-order chi connectivity index (χ1) is 11.6. The summed E-state index contributed by atoms with van der Waals surface area (Å²) in [6.45, 7) is 10.3. The number of carbonyl (C=O) groups is 1. The van der Waals surface area contributed by atoms with Crippen LogP contribution in [0, 0.1) is 11.8 Å². The van der Waals surface area contributed by atoms with Crippen molar-refractivity contribution in [3.8, 4) is 0 Å². The van der Waals surface area contributed by atoms with Gasteiger partial charge in [0.25, 0.3) is 0 Å². The lowest BCUT2D eigenvalue weighted by atomic mass is 9.99. The molecule has 0 aromatic carbocycles. The van der Waals surface area contributed by atoms with Crippen LogP contribution >= 0.6 is 0 Å². The summed E-state index contributed by atoms with van der Waals surface area (Å²) in [4.78, 5) is 11.7. The number of aromatic nitrogens is 2. The van der Waals surface area contributed by atoms with Crippen LogP contribution in [0.5, 0.6) is 0 Å². The molecule has 0 saturated heterocycles. The zero-order valence-corrected chi connectivity index (χ0v) is 16.1. The molecule has 24 heavy (non-hydrogen) atoms. The number of unbranched alkanes of at least 4 members (excludes halogenated alkanes) is 2. The highest BCUT2D eigenvalue weighted by molar-refractivity contribution is 5.79. The largest absolute Gasteiger partial charge is 0.538 e. The minimum atomic E-state index is -1.06. The van der Waals surface area contributed by atoms with Crippen molar-refractivity contribution in [2.75, 3.05) is 0 Å². The normalized spacial score (nSPS) is 13.8. The van der Waals surface area contributed by atoms with Crippen LogP contribution in [0.4, 0.5) is 0 Å². The van der Waals surface area contributed by atoms with Gasteiger partial charge in [0.05, 0.1) is 13.1 Å². The quantitative estimate of drug-likeness (QED) is 0.517. The van der Waals surface area contributed by atoms with Gasteiger partial charge in [-0.25, -0.2) is 9.13 Å². The molecule has 2 unspecified atom stereocenters. The number of imidazole rings is 1. The summed E-state index contributed by atoms with van der Waals surface area (Å²) >= 11 is 0. The van der Waals surface area contributed by atoms with Gasteiger partial charge in [-0.2, -0.15) is 0 Å². The van der Waals surface area contributed by atoms with Gasteiger partial charge in [-0.1, -0.05) is 53.4 Å². The molecule has 138 valence electrons. The van der Waals surface area contributed by atoms with E-state index in [0.29, 0.717) is 17.7 Å². The van der Waals surface area contributed by atoms with E-state index in [4.69, 9.17) is 0 Å². The molecule has 4 nitrogen and oxygen atoms in total. The second-order valence-electron chi connectivity index (χ2n) is 7.05. The van der Waals surface area contributed by atoms with E-state index in [-0.39, 0.29) is 0 Å².